The lowest BCUT2D eigenvalue weighted by atomic mass is 9.95. The fourth-order valence-electron chi connectivity index (χ4n) is 3.24. The van der Waals surface area contributed by atoms with E-state index in [2.05, 4.69) is 4.74 Å². The maximum atomic E-state index is 13.1. The summed E-state index contributed by atoms with van der Waals surface area (Å²) in [5, 5.41) is 25.1. The Bertz CT molecular complexity index is 1040. The fourth-order valence-corrected chi connectivity index (χ4v) is 4.61. The average Bonchev–Trinajstić information content (AvgIpc) is 3.41. The molecule has 0 N–H and O–H groups in total. The van der Waals surface area contributed by atoms with Gasteiger partial charge in [-0.2, -0.15) is 0 Å². The number of Topliss-reactive ketones (excluding diaryl/α,β-unsaturated/α-hetero) is 1. The Morgan fingerprint density at radius 3 is 1.97 bits per heavy atom. The molecule has 0 spiro atoms. The van der Waals surface area contributed by atoms with Crippen LogP contribution in [0.25, 0.3) is 12.2 Å². The van der Waals surface area contributed by atoms with Crippen molar-refractivity contribution in [3.8, 4) is 0 Å². The molecule has 0 amide bonds. The smallest absolute Gasteiger partial charge is 0.324 e. The van der Waals surface area contributed by atoms with Crippen LogP contribution in [0.3, 0.4) is 0 Å². The number of rotatable bonds is 8. The first-order valence-electron chi connectivity index (χ1n) is 9.47. The molecule has 10 nitrogen and oxygen atoms in total. The number of nitro groups is 2. The number of carbonyl (C=O) groups excluding carboxylic acids is 2. The quantitative estimate of drug-likeness (QED) is 0.242. The summed E-state index contributed by atoms with van der Waals surface area (Å²) in [5.41, 5.74) is 2.04. The second-order valence-electron chi connectivity index (χ2n) is 7.01. The van der Waals surface area contributed by atoms with E-state index in [1.54, 1.807) is 22.9 Å². The summed E-state index contributed by atoms with van der Waals surface area (Å²) in [6.07, 6.45) is 4.03. The Labute approximate surface area is 190 Å². The molecule has 1 aliphatic heterocycles. The van der Waals surface area contributed by atoms with Gasteiger partial charge in [-0.1, -0.05) is 22.7 Å². The normalized spacial score (nSPS) is 17.1. The average molecular weight is 478 g/mol. The van der Waals surface area contributed by atoms with Gasteiger partial charge in [-0.25, -0.2) is 0 Å². The Balaban J connectivity index is 1.87. The standard InChI is InChI=1S/C20H19N3O7S2/c1-30-19(24)3-2-4-21-9-15(5-13-7-17(22(26)27)31-11-13)20(25)16(10-21)6-14-8-18(23(28)29)32-12-14/h5-8,11-12H,2-4,9-10H2,1H3/b15-5-,16-6+. The van der Waals surface area contributed by atoms with Gasteiger partial charge in [0.15, 0.2) is 5.78 Å². The summed E-state index contributed by atoms with van der Waals surface area (Å²) < 4.78 is 4.66. The van der Waals surface area contributed by atoms with Crippen molar-refractivity contribution in [2.24, 2.45) is 0 Å². The van der Waals surface area contributed by atoms with Crippen molar-refractivity contribution in [3.63, 3.8) is 0 Å². The molecule has 0 aliphatic carbocycles. The molecule has 168 valence electrons. The molecular formula is C20H19N3O7S2. The van der Waals surface area contributed by atoms with Crippen LogP contribution in [-0.4, -0.2) is 53.2 Å². The molecule has 1 fully saturated rings. The van der Waals surface area contributed by atoms with E-state index in [9.17, 15) is 29.8 Å². The van der Waals surface area contributed by atoms with Gasteiger partial charge in [-0.15, -0.1) is 0 Å². The Hall–Kier alpha value is -3.22. The first kappa shape index (κ1) is 23.4. The summed E-state index contributed by atoms with van der Waals surface area (Å²) in [5.74, 6) is -0.530. The third kappa shape index (κ3) is 5.93. The van der Waals surface area contributed by atoms with Crippen LogP contribution >= 0.6 is 22.7 Å². The maximum absolute atomic E-state index is 13.1. The molecule has 0 bridgehead atoms. The number of piperidine rings is 1. The molecule has 12 heteroatoms. The molecule has 1 saturated heterocycles. The molecular weight excluding hydrogens is 458 g/mol. The van der Waals surface area contributed by atoms with Crippen molar-refractivity contribution in [2.45, 2.75) is 12.8 Å². The maximum Gasteiger partial charge on any atom is 0.324 e. The van der Waals surface area contributed by atoms with E-state index in [1.165, 1.54) is 19.2 Å². The van der Waals surface area contributed by atoms with Crippen molar-refractivity contribution < 1.29 is 24.2 Å². The Morgan fingerprint density at radius 2 is 1.56 bits per heavy atom. The molecule has 0 saturated carbocycles. The van der Waals surface area contributed by atoms with Gasteiger partial charge in [0.25, 0.3) is 0 Å². The minimum absolute atomic E-state index is 0.0172. The molecule has 2 aromatic heterocycles. The number of hydrogen-bond donors (Lipinski definition) is 0. The Kier molecular flexibility index (Phi) is 7.62. The van der Waals surface area contributed by atoms with Crippen LogP contribution in [0.5, 0.6) is 0 Å². The highest BCUT2D eigenvalue weighted by Crippen LogP contribution is 2.29. The van der Waals surface area contributed by atoms with Crippen LogP contribution in [0, 0.1) is 20.2 Å². The van der Waals surface area contributed by atoms with Crippen LogP contribution < -0.4 is 0 Å². The van der Waals surface area contributed by atoms with Crippen molar-refractivity contribution in [1.82, 2.24) is 4.90 Å². The third-order valence-electron chi connectivity index (χ3n) is 4.71. The third-order valence-corrected chi connectivity index (χ3v) is 6.50. The molecule has 32 heavy (non-hydrogen) atoms. The van der Waals surface area contributed by atoms with Gasteiger partial charge >= 0.3 is 16.0 Å². The Morgan fingerprint density at radius 1 is 1.06 bits per heavy atom. The summed E-state index contributed by atoms with van der Waals surface area (Å²) >= 11 is 1.96. The van der Waals surface area contributed by atoms with Crippen LogP contribution in [0.2, 0.25) is 0 Å². The van der Waals surface area contributed by atoms with Crippen LogP contribution in [-0.2, 0) is 14.3 Å². The van der Waals surface area contributed by atoms with Gasteiger partial charge in [0.2, 0.25) is 0 Å². The minimum Gasteiger partial charge on any atom is -0.469 e. The highest BCUT2D eigenvalue weighted by Gasteiger charge is 2.27. The number of hydrogen-bond acceptors (Lipinski definition) is 10. The van der Waals surface area contributed by atoms with Crippen LogP contribution in [0.4, 0.5) is 10.0 Å². The second kappa shape index (κ2) is 10.4. The number of esters is 1. The SMILES string of the molecule is COC(=O)CCCN1C/C(=C/c2csc([N+](=O)[O-])c2)C(=O)/C(=C/c2csc([N+](=O)[O-])c2)C1. The van der Waals surface area contributed by atoms with Gasteiger partial charge in [-0.3, -0.25) is 34.7 Å². The number of ketones is 1. The van der Waals surface area contributed by atoms with Gasteiger partial charge in [-0.05, 0) is 36.2 Å². The van der Waals surface area contributed by atoms with Crippen molar-refractivity contribution in [1.29, 1.82) is 0 Å². The minimum atomic E-state index is -0.483. The first-order valence-corrected chi connectivity index (χ1v) is 11.2. The number of carbonyl (C=O) groups is 2. The summed E-state index contributed by atoms with van der Waals surface area (Å²) in [6, 6.07) is 2.82. The number of likely N-dealkylation sites (tertiary alicyclic amines) is 1. The summed E-state index contributed by atoms with van der Waals surface area (Å²) in [4.78, 5) is 47.4. The van der Waals surface area contributed by atoms with Gasteiger partial charge in [0.1, 0.15) is 0 Å². The predicted octanol–water partition coefficient (Wildman–Crippen LogP) is 3.93. The van der Waals surface area contributed by atoms with E-state index in [-0.39, 0.29) is 28.2 Å². The number of ether oxygens (including phenoxy) is 1. The fraction of sp³-hybridized carbons (Fsp3) is 0.300. The molecule has 0 unspecified atom stereocenters. The molecule has 2 aromatic rings. The molecule has 3 rings (SSSR count). The number of nitrogens with zero attached hydrogens (tertiary/aromatic N) is 3. The zero-order valence-corrected chi connectivity index (χ0v) is 18.6. The zero-order valence-electron chi connectivity index (χ0n) is 17.0. The van der Waals surface area contributed by atoms with Crippen molar-refractivity contribution >= 4 is 56.6 Å². The van der Waals surface area contributed by atoms with Crippen molar-refractivity contribution in [3.05, 3.63) is 65.4 Å². The number of methoxy groups -OCH3 is 1. The molecule has 1 aliphatic rings. The van der Waals surface area contributed by atoms with Crippen LogP contribution in [0.1, 0.15) is 24.0 Å². The van der Waals surface area contributed by atoms with Crippen molar-refractivity contribution in [2.75, 3.05) is 26.7 Å². The van der Waals surface area contributed by atoms with E-state index < -0.39 is 9.85 Å². The molecule has 0 aromatic carbocycles. The first-order chi connectivity index (χ1) is 15.3. The molecule has 0 atom stereocenters. The van der Waals surface area contributed by atoms with Gasteiger partial charge in [0, 0.05) is 53.5 Å². The predicted molar refractivity (Wildman–Crippen MR) is 121 cm³/mol. The summed E-state index contributed by atoms with van der Waals surface area (Å²) in [6.45, 7) is 1.18. The van der Waals surface area contributed by atoms with Crippen LogP contribution in [0.15, 0.2) is 34.0 Å². The largest absolute Gasteiger partial charge is 0.469 e. The monoisotopic (exact) mass is 477 g/mol. The second-order valence-corrected chi connectivity index (χ2v) is 8.79. The summed E-state index contributed by atoms with van der Waals surface area (Å²) in [7, 11) is 1.32. The molecule has 0 radical (unpaired) electrons. The lowest BCUT2D eigenvalue weighted by Crippen LogP contribution is -2.38. The van der Waals surface area contributed by atoms with E-state index in [0.29, 0.717) is 48.3 Å². The van der Waals surface area contributed by atoms with E-state index >= 15 is 0 Å². The topological polar surface area (TPSA) is 133 Å². The lowest BCUT2D eigenvalue weighted by Gasteiger charge is -2.29. The lowest BCUT2D eigenvalue weighted by molar-refractivity contribution is -0.380. The zero-order chi connectivity index (χ0) is 23.3. The van der Waals surface area contributed by atoms with E-state index in [0.717, 1.165) is 22.7 Å². The number of thiophene rings is 2. The van der Waals surface area contributed by atoms with E-state index in [1.807, 2.05) is 4.90 Å². The van der Waals surface area contributed by atoms with Gasteiger partial charge < -0.3 is 4.74 Å². The highest BCUT2D eigenvalue weighted by molar-refractivity contribution is 7.13. The van der Waals surface area contributed by atoms with E-state index in [4.69, 9.17) is 0 Å². The molecule has 3 heterocycles. The highest BCUT2D eigenvalue weighted by atomic mass is 32.1. The van der Waals surface area contributed by atoms with Gasteiger partial charge in [0.05, 0.1) is 17.0 Å².